The molecule has 0 saturated heterocycles. The Bertz CT molecular complexity index is 193. The van der Waals surface area contributed by atoms with E-state index in [-0.39, 0.29) is 18.6 Å². The number of rotatable bonds is 6. The van der Waals surface area contributed by atoms with E-state index in [9.17, 15) is 4.79 Å². The van der Waals surface area contributed by atoms with Crippen molar-refractivity contribution in [3.05, 3.63) is 0 Å². The third-order valence-electron chi connectivity index (χ3n) is 2.53. The van der Waals surface area contributed by atoms with Gasteiger partial charge >= 0.3 is 0 Å². The highest BCUT2D eigenvalue weighted by Gasteiger charge is 2.33. The molecule has 0 bridgehead atoms. The standard InChI is InChI=1S/C10H20N2O2/c1-2-3-9(11)10(14)12(6-7-13)8-4-5-8/h8-9,13H,2-7,11H2,1H3/t9-/m0/s1. The summed E-state index contributed by atoms with van der Waals surface area (Å²) >= 11 is 0. The molecule has 1 fully saturated rings. The fourth-order valence-corrected chi connectivity index (χ4v) is 1.61. The van der Waals surface area contributed by atoms with E-state index in [2.05, 4.69) is 0 Å². The molecule has 0 aliphatic heterocycles. The van der Waals surface area contributed by atoms with Crippen molar-refractivity contribution in [3.8, 4) is 0 Å². The minimum Gasteiger partial charge on any atom is -0.395 e. The van der Waals surface area contributed by atoms with E-state index in [1.165, 1.54) is 0 Å². The smallest absolute Gasteiger partial charge is 0.239 e. The Hall–Kier alpha value is -0.610. The molecule has 3 N–H and O–H groups in total. The molecule has 0 unspecified atom stereocenters. The van der Waals surface area contributed by atoms with Gasteiger partial charge in [-0.05, 0) is 19.3 Å². The van der Waals surface area contributed by atoms with E-state index in [1.807, 2.05) is 6.92 Å². The van der Waals surface area contributed by atoms with Crippen LogP contribution in [0, 0.1) is 0 Å². The van der Waals surface area contributed by atoms with Crippen molar-refractivity contribution in [2.24, 2.45) is 5.73 Å². The van der Waals surface area contributed by atoms with Gasteiger partial charge in [-0.3, -0.25) is 4.79 Å². The maximum Gasteiger partial charge on any atom is 0.239 e. The zero-order valence-corrected chi connectivity index (χ0v) is 8.78. The Morgan fingerprint density at radius 2 is 2.29 bits per heavy atom. The molecule has 1 rings (SSSR count). The van der Waals surface area contributed by atoms with Crippen molar-refractivity contribution < 1.29 is 9.90 Å². The first-order valence-electron chi connectivity index (χ1n) is 5.37. The molecule has 1 saturated carbocycles. The fourth-order valence-electron chi connectivity index (χ4n) is 1.61. The summed E-state index contributed by atoms with van der Waals surface area (Å²) in [5, 5.41) is 8.84. The summed E-state index contributed by atoms with van der Waals surface area (Å²) in [7, 11) is 0. The van der Waals surface area contributed by atoms with Crippen molar-refractivity contribution in [1.29, 1.82) is 0 Å². The number of hydrogen-bond acceptors (Lipinski definition) is 3. The second kappa shape index (κ2) is 5.32. The molecular weight excluding hydrogens is 180 g/mol. The monoisotopic (exact) mass is 200 g/mol. The van der Waals surface area contributed by atoms with Gasteiger partial charge in [-0.15, -0.1) is 0 Å². The molecule has 0 radical (unpaired) electrons. The first kappa shape index (κ1) is 11.5. The third-order valence-corrected chi connectivity index (χ3v) is 2.53. The molecule has 4 heteroatoms. The maximum atomic E-state index is 11.8. The number of aliphatic hydroxyl groups excluding tert-OH is 1. The summed E-state index contributed by atoms with van der Waals surface area (Å²) in [5.74, 6) is 0.00315. The summed E-state index contributed by atoms with van der Waals surface area (Å²) in [6.07, 6.45) is 3.77. The number of amides is 1. The summed E-state index contributed by atoms with van der Waals surface area (Å²) in [5.41, 5.74) is 5.75. The van der Waals surface area contributed by atoms with Gasteiger partial charge in [0.15, 0.2) is 0 Å². The number of nitrogens with two attached hydrogens (primary N) is 1. The lowest BCUT2D eigenvalue weighted by Gasteiger charge is -2.24. The van der Waals surface area contributed by atoms with Crippen molar-refractivity contribution in [2.45, 2.75) is 44.7 Å². The van der Waals surface area contributed by atoms with E-state index in [4.69, 9.17) is 10.8 Å². The molecule has 1 atom stereocenters. The van der Waals surface area contributed by atoms with E-state index in [1.54, 1.807) is 4.90 Å². The second-order valence-corrected chi connectivity index (χ2v) is 3.88. The van der Waals surface area contributed by atoms with Crippen molar-refractivity contribution in [1.82, 2.24) is 4.90 Å². The van der Waals surface area contributed by atoms with Crippen LogP contribution in [0.15, 0.2) is 0 Å². The lowest BCUT2D eigenvalue weighted by atomic mass is 10.1. The average Bonchev–Trinajstić information content (AvgIpc) is 2.97. The molecule has 0 aromatic heterocycles. The van der Waals surface area contributed by atoms with E-state index >= 15 is 0 Å². The molecule has 0 aromatic carbocycles. The van der Waals surface area contributed by atoms with Gasteiger partial charge in [-0.2, -0.15) is 0 Å². The topological polar surface area (TPSA) is 66.6 Å². The largest absolute Gasteiger partial charge is 0.395 e. The summed E-state index contributed by atoms with van der Waals surface area (Å²) < 4.78 is 0. The molecular formula is C10H20N2O2. The first-order chi connectivity index (χ1) is 6.70. The first-order valence-corrected chi connectivity index (χ1v) is 5.37. The minimum absolute atomic E-state index is 0.00315. The number of nitrogens with zero attached hydrogens (tertiary/aromatic N) is 1. The van der Waals surface area contributed by atoms with Gasteiger partial charge in [0.2, 0.25) is 5.91 Å². The Balaban J connectivity index is 2.44. The van der Waals surface area contributed by atoms with Crippen LogP contribution in [0.25, 0.3) is 0 Å². The lowest BCUT2D eigenvalue weighted by molar-refractivity contribution is -0.133. The zero-order valence-electron chi connectivity index (χ0n) is 8.78. The van der Waals surface area contributed by atoms with Gasteiger partial charge in [-0.25, -0.2) is 0 Å². The molecule has 14 heavy (non-hydrogen) atoms. The second-order valence-electron chi connectivity index (χ2n) is 3.88. The molecule has 1 aliphatic rings. The number of carbonyl (C=O) groups excluding carboxylic acids is 1. The van der Waals surface area contributed by atoms with Crippen LogP contribution in [0.5, 0.6) is 0 Å². The highest BCUT2D eigenvalue weighted by Crippen LogP contribution is 2.27. The molecule has 0 heterocycles. The maximum absolute atomic E-state index is 11.8. The third kappa shape index (κ3) is 2.96. The molecule has 1 amide bonds. The van der Waals surface area contributed by atoms with Crippen LogP contribution >= 0.6 is 0 Å². The van der Waals surface area contributed by atoms with Gasteiger partial charge in [0, 0.05) is 12.6 Å². The number of carbonyl (C=O) groups is 1. The normalized spacial score (nSPS) is 17.9. The van der Waals surface area contributed by atoms with Crippen LogP contribution < -0.4 is 5.73 Å². The number of hydrogen-bond donors (Lipinski definition) is 2. The SMILES string of the molecule is CCC[C@H](N)C(=O)N(CCO)C1CC1. The summed E-state index contributed by atoms with van der Waals surface area (Å²) in [4.78, 5) is 13.5. The Kier molecular flexibility index (Phi) is 4.35. The van der Waals surface area contributed by atoms with Crippen LogP contribution in [0.3, 0.4) is 0 Å². The fraction of sp³-hybridized carbons (Fsp3) is 0.900. The van der Waals surface area contributed by atoms with Crippen LogP contribution in [0.4, 0.5) is 0 Å². The Morgan fingerprint density at radius 1 is 1.64 bits per heavy atom. The predicted molar refractivity (Wildman–Crippen MR) is 54.7 cm³/mol. The molecule has 0 aromatic rings. The highest BCUT2D eigenvalue weighted by molar-refractivity contribution is 5.82. The van der Waals surface area contributed by atoms with E-state index in [0.29, 0.717) is 12.6 Å². The number of aliphatic hydroxyl groups is 1. The van der Waals surface area contributed by atoms with Gasteiger partial charge in [-0.1, -0.05) is 13.3 Å². The summed E-state index contributed by atoms with van der Waals surface area (Å²) in [6, 6.07) is -0.0373. The highest BCUT2D eigenvalue weighted by atomic mass is 16.3. The van der Waals surface area contributed by atoms with Crippen molar-refractivity contribution in [2.75, 3.05) is 13.2 Å². The van der Waals surface area contributed by atoms with Crippen LogP contribution in [0.1, 0.15) is 32.6 Å². The lowest BCUT2D eigenvalue weighted by Crippen LogP contribution is -2.46. The van der Waals surface area contributed by atoms with Gasteiger partial charge in [0.05, 0.1) is 12.6 Å². The Morgan fingerprint density at radius 3 is 2.71 bits per heavy atom. The molecule has 1 aliphatic carbocycles. The quantitative estimate of drug-likeness (QED) is 0.639. The van der Waals surface area contributed by atoms with Crippen LogP contribution in [-0.4, -0.2) is 41.1 Å². The predicted octanol–water partition coefficient (Wildman–Crippen LogP) is 0.0971. The molecule has 0 spiro atoms. The van der Waals surface area contributed by atoms with Crippen molar-refractivity contribution in [3.63, 3.8) is 0 Å². The summed E-state index contributed by atoms with van der Waals surface area (Å²) in [6.45, 7) is 2.47. The van der Waals surface area contributed by atoms with Crippen LogP contribution in [-0.2, 0) is 4.79 Å². The zero-order chi connectivity index (χ0) is 10.6. The van der Waals surface area contributed by atoms with E-state index < -0.39 is 0 Å². The van der Waals surface area contributed by atoms with Gasteiger partial charge in [0.25, 0.3) is 0 Å². The van der Waals surface area contributed by atoms with Crippen molar-refractivity contribution >= 4 is 5.91 Å². The van der Waals surface area contributed by atoms with Gasteiger partial charge < -0.3 is 15.7 Å². The van der Waals surface area contributed by atoms with Crippen LogP contribution in [0.2, 0.25) is 0 Å². The minimum atomic E-state index is -0.382. The molecule has 82 valence electrons. The Labute approximate surface area is 85.1 Å². The van der Waals surface area contributed by atoms with E-state index in [0.717, 1.165) is 25.7 Å². The average molecular weight is 200 g/mol. The van der Waals surface area contributed by atoms with Gasteiger partial charge in [0.1, 0.15) is 0 Å². The molecule has 4 nitrogen and oxygen atoms in total.